The van der Waals surface area contributed by atoms with Crippen LogP contribution in [-0.2, 0) is 4.79 Å². The Morgan fingerprint density at radius 1 is 1.16 bits per heavy atom. The van der Waals surface area contributed by atoms with Gasteiger partial charge in [0.05, 0.1) is 12.8 Å². The van der Waals surface area contributed by atoms with Crippen molar-refractivity contribution in [3.63, 3.8) is 0 Å². The Balaban J connectivity index is 1.65. The van der Waals surface area contributed by atoms with E-state index in [1.807, 2.05) is 31.2 Å². The summed E-state index contributed by atoms with van der Waals surface area (Å²) in [5, 5.41) is 0.734. The van der Waals surface area contributed by atoms with Crippen molar-refractivity contribution < 1.29 is 14.3 Å². The van der Waals surface area contributed by atoms with Gasteiger partial charge in [0.2, 0.25) is 0 Å². The molecule has 0 saturated carbocycles. The van der Waals surface area contributed by atoms with Crippen LogP contribution in [0.4, 0.5) is 5.69 Å². The summed E-state index contributed by atoms with van der Waals surface area (Å²) in [6.45, 7) is 2.65. The minimum Gasteiger partial charge on any atom is -0.497 e. The first-order valence-corrected chi connectivity index (χ1v) is 9.00. The lowest BCUT2D eigenvalue weighted by Crippen LogP contribution is -2.35. The molecule has 1 heterocycles. The average Bonchev–Trinajstić information content (AvgIpc) is 3.10. The highest BCUT2D eigenvalue weighted by Crippen LogP contribution is 2.25. The zero-order valence-corrected chi connectivity index (χ0v) is 15.1. The first-order chi connectivity index (χ1) is 12.2. The maximum absolute atomic E-state index is 12.5. The number of benzene rings is 2. The topological polar surface area (TPSA) is 51.1 Å². The molecule has 0 unspecified atom stereocenters. The van der Waals surface area contributed by atoms with E-state index in [1.165, 1.54) is 0 Å². The predicted octanol–water partition coefficient (Wildman–Crippen LogP) is 3.65. The van der Waals surface area contributed by atoms with Gasteiger partial charge in [-0.3, -0.25) is 9.69 Å². The molecule has 0 aromatic heterocycles. The summed E-state index contributed by atoms with van der Waals surface area (Å²) in [6, 6.07) is 15.1. The van der Waals surface area contributed by atoms with Crippen molar-refractivity contribution in [2.75, 3.05) is 26.0 Å². The molecule has 0 bridgehead atoms. The molecule has 1 fully saturated rings. The average molecular weight is 356 g/mol. The number of carbonyl (C=O) groups is 1. The summed E-state index contributed by atoms with van der Waals surface area (Å²) in [7, 11) is 1.61. The largest absolute Gasteiger partial charge is 0.497 e. The van der Waals surface area contributed by atoms with Crippen LogP contribution >= 0.6 is 11.8 Å². The monoisotopic (exact) mass is 356 g/mol. The number of nitrogens with zero attached hydrogens (tertiary/aromatic N) is 2. The summed E-state index contributed by atoms with van der Waals surface area (Å²) in [5.74, 6) is 2.15. The summed E-state index contributed by atoms with van der Waals surface area (Å²) < 4.78 is 10.7. The van der Waals surface area contributed by atoms with Gasteiger partial charge in [0, 0.05) is 12.3 Å². The molecule has 0 radical (unpaired) electrons. The zero-order valence-electron chi connectivity index (χ0n) is 14.3. The highest BCUT2D eigenvalue weighted by atomic mass is 32.2. The Hall–Kier alpha value is -2.47. The lowest BCUT2D eigenvalue weighted by Gasteiger charge is -2.16. The third kappa shape index (κ3) is 4.33. The maximum Gasteiger partial charge on any atom is 0.266 e. The van der Waals surface area contributed by atoms with Crippen LogP contribution in [0.2, 0.25) is 0 Å². The van der Waals surface area contributed by atoms with Crippen LogP contribution in [0.25, 0.3) is 0 Å². The molecule has 25 heavy (non-hydrogen) atoms. The molecule has 5 nitrogen and oxygen atoms in total. The van der Waals surface area contributed by atoms with Crippen LogP contribution in [0.1, 0.15) is 5.56 Å². The van der Waals surface area contributed by atoms with Crippen molar-refractivity contribution in [1.82, 2.24) is 4.90 Å². The van der Waals surface area contributed by atoms with E-state index in [0.29, 0.717) is 12.3 Å². The molecule has 0 spiro atoms. The van der Waals surface area contributed by atoms with Crippen LogP contribution in [0.5, 0.6) is 11.5 Å². The molecule has 3 rings (SSSR count). The van der Waals surface area contributed by atoms with Gasteiger partial charge in [0.25, 0.3) is 5.91 Å². The van der Waals surface area contributed by atoms with Gasteiger partial charge in [0.15, 0.2) is 11.8 Å². The van der Waals surface area contributed by atoms with Crippen LogP contribution in [-0.4, -0.2) is 42.0 Å². The number of thioether (sulfide) groups is 1. The van der Waals surface area contributed by atoms with Crippen LogP contribution in [0.3, 0.4) is 0 Å². The number of carbonyl (C=O) groups excluding carboxylic acids is 1. The summed E-state index contributed by atoms with van der Waals surface area (Å²) >= 11 is 1.59. The summed E-state index contributed by atoms with van der Waals surface area (Å²) in [4.78, 5) is 18.9. The zero-order chi connectivity index (χ0) is 17.6. The number of amides is 1. The van der Waals surface area contributed by atoms with Gasteiger partial charge >= 0.3 is 0 Å². The molecule has 2 aromatic carbocycles. The van der Waals surface area contributed by atoms with E-state index < -0.39 is 0 Å². The summed E-state index contributed by atoms with van der Waals surface area (Å²) in [6.07, 6.45) is 0. The molecule has 1 saturated heterocycles. The van der Waals surface area contributed by atoms with Gasteiger partial charge in [0.1, 0.15) is 11.5 Å². The number of aryl methyl sites for hydroxylation is 1. The van der Waals surface area contributed by atoms with Gasteiger partial charge in [-0.05, 0) is 42.8 Å². The fraction of sp³-hybridized carbons (Fsp3) is 0.263. The number of hydrogen-bond acceptors (Lipinski definition) is 5. The second-order valence-corrected chi connectivity index (χ2v) is 6.60. The van der Waals surface area contributed by atoms with E-state index in [-0.39, 0.29) is 12.5 Å². The van der Waals surface area contributed by atoms with Gasteiger partial charge in [-0.1, -0.05) is 30.0 Å². The first kappa shape index (κ1) is 17.4. The minimum atomic E-state index is -0.0897. The Kier molecular flexibility index (Phi) is 5.60. The molecule has 6 heteroatoms. The molecule has 0 atom stereocenters. The number of hydrogen-bond donors (Lipinski definition) is 0. The van der Waals surface area contributed by atoms with E-state index >= 15 is 0 Å². The normalized spacial score (nSPS) is 15.4. The number of amidine groups is 1. The smallest absolute Gasteiger partial charge is 0.266 e. The van der Waals surface area contributed by atoms with Crippen LogP contribution in [0, 0.1) is 6.92 Å². The molecule has 2 aromatic rings. The molecule has 1 aliphatic rings. The second kappa shape index (κ2) is 8.07. The highest BCUT2D eigenvalue weighted by molar-refractivity contribution is 8.14. The fourth-order valence-electron chi connectivity index (χ4n) is 2.41. The standard InChI is InChI=1S/C19H20N2O3S/c1-14-5-3-4-6-17(14)20-19-21(11-12-25-19)18(22)13-24-16-9-7-15(23-2)8-10-16/h3-10H,11-13H2,1-2H3. The number of aliphatic imine (C=N–C) groups is 1. The molecular formula is C19H20N2O3S. The Morgan fingerprint density at radius 3 is 2.60 bits per heavy atom. The van der Waals surface area contributed by atoms with Crippen molar-refractivity contribution in [2.45, 2.75) is 6.92 Å². The Bertz CT molecular complexity index is 774. The third-order valence-corrected chi connectivity index (χ3v) is 4.79. The Morgan fingerprint density at radius 2 is 1.88 bits per heavy atom. The van der Waals surface area contributed by atoms with E-state index in [2.05, 4.69) is 4.99 Å². The molecule has 1 aliphatic heterocycles. The SMILES string of the molecule is COc1ccc(OCC(=O)N2CCSC2=Nc2ccccc2C)cc1. The number of methoxy groups -OCH3 is 1. The maximum atomic E-state index is 12.5. The lowest BCUT2D eigenvalue weighted by atomic mass is 10.2. The van der Waals surface area contributed by atoms with Crippen molar-refractivity contribution in [3.8, 4) is 11.5 Å². The first-order valence-electron chi connectivity index (χ1n) is 8.02. The van der Waals surface area contributed by atoms with Gasteiger partial charge in [-0.15, -0.1) is 0 Å². The quantitative estimate of drug-likeness (QED) is 0.821. The van der Waals surface area contributed by atoms with Crippen molar-refractivity contribution >= 4 is 28.5 Å². The third-order valence-electron chi connectivity index (χ3n) is 3.83. The number of rotatable bonds is 5. The molecule has 0 aliphatic carbocycles. The summed E-state index contributed by atoms with van der Waals surface area (Å²) in [5.41, 5.74) is 1.98. The lowest BCUT2D eigenvalue weighted by molar-refractivity contribution is -0.129. The van der Waals surface area contributed by atoms with E-state index in [9.17, 15) is 4.79 Å². The van der Waals surface area contributed by atoms with Crippen LogP contribution in [0.15, 0.2) is 53.5 Å². The minimum absolute atomic E-state index is 0.0142. The number of para-hydroxylation sites is 1. The van der Waals surface area contributed by atoms with Gasteiger partial charge in [-0.2, -0.15) is 0 Å². The fourth-order valence-corrected chi connectivity index (χ4v) is 3.38. The van der Waals surface area contributed by atoms with Gasteiger partial charge < -0.3 is 9.47 Å². The Labute approximate surface area is 151 Å². The highest BCUT2D eigenvalue weighted by Gasteiger charge is 2.26. The second-order valence-electron chi connectivity index (χ2n) is 5.54. The molecule has 0 N–H and O–H groups in total. The molecule has 1 amide bonds. The van der Waals surface area contributed by atoms with Crippen molar-refractivity contribution in [3.05, 3.63) is 54.1 Å². The van der Waals surface area contributed by atoms with Crippen molar-refractivity contribution in [1.29, 1.82) is 0 Å². The van der Waals surface area contributed by atoms with Gasteiger partial charge in [-0.25, -0.2) is 4.99 Å². The number of ether oxygens (including phenoxy) is 2. The van der Waals surface area contributed by atoms with Crippen LogP contribution < -0.4 is 9.47 Å². The van der Waals surface area contributed by atoms with E-state index in [0.717, 1.165) is 27.9 Å². The predicted molar refractivity (Wildman–Crippen MR) is 101 cm³/mol. The van der Waals surface area contributed by atoms with E-state index in [4.69, 9.17) is 9.47 Å². The van der Waals surface area contributed by atoms with Crippen molar-refractivity contribution in [2.24, 2.45) is 4.99 Å². The molecule has 130 valence electrons. The molecular weight excluding hydrogens is 336 g/mol. The van der Waals surface area contributed by atoms with E-state index in [1.54, 1.807) is 48.0 Å².